The summed E-state index contributed by atoms with van der Waals surface area (Å²) in [4.78, 5) is 0. The van der Waals surface area contributed by atoms with E-state index in [-0.39, 0.29) is 0 Å². The zero-order chi connectivity index (χ0) is 8.97. The second-order valence-corrected chi connectivity index (χ2v) is 2.79. The number of aryl methyl sites for hydroxylation is 1. The lowest BCUT2D eigenvalue weighted by Gasteiger charge is -2.09. The minimum atomic E-state index is 0.725. The predicted molar refractivity (Wildman–Crippen MR) is 51.4 cm³/mol. The van der Waals surface area contributed by atoms with Crippen LogP contribution in [-0.4, -0.2) is 7.11 Å². The summed E-state index contributed by atoms with van der Waals surface area (Å²) in [6.45, 7) is 2.14. The minimum Gasteiger partial charge on any atom is -0.494 e. The van der Waals surface area contributed by atoms with Gasteiger partial charge in [0.2, 0.25) is 0 Å². The smallest absolute Gasteiger partial charge is 0.144 e. The van der Waals surface area contributed by atoms with Crippen LogP contribution in [0.2, 0.25) is 0 Å². The lowest BCUT2D eigenvalue weighted by molar-refractivity contribution is 0.411. The van der Waals surface area contributed by atoms with Gasteiger partial charge < -0.3 is 10.5 Å². The topological polar surface area (TPSA) is 35.2 Å². The van der Waals surface area contributed by atoms with Gasteiger partial charge in [-0.05, 0) is 18.1 Å². The Labute approximate surface area is 73.3 Å². The Hall–Kier alpha value is -1.18. The number of benzene rings is 1. The third-order valence-electron chi connectivity index (χ3n) is 1.85. The fourth-order valence-corrected chi connectivity index (χ4v) is 1.32. The molecule has 0 saturated carbocycles. The van der Waals surface area contributed by atoms with Gasteiger partial charge >= 0.3 is 0 Å². The number of hydrogen-bond donors (Lipinski definition) is 1. The maximum absolute atomic E-state index is 5.74. The number of methoxy groups -OCH3 is 1. The van der Waals surface area contributed by atoms with E-state index in [4.69, 9.17) is 10.5 Å². The molecule has 2 nitrogen and oxygen atoms in total. The van der Waals surface area contributed by atoms with Gasteiger partial charge in [-0.15, -0.1) is 0 Å². The summed E-state index contributed by atoms with van der Waals surface area (Å²) >= 11 is 0. The van der Waals surface area contributed by atoms with Crippen molar-refractivity contribution in [2.24, 2.45) is 0 Å². The molecule has 0 fully saturated rings. The van der Waals surface area contributed by atoms with Gasteiger partial charge in [0.25, 0.3) is 0 Å². The molecule has 0 aliphatic carbocycles. The van der Waals surface area contributed by atoms with Crippen molar-refractivity contribution in [3.63, 3.8) is 0 Å². The van der Waals surface area contributed by atoms with Crippen molar-refractivity contribution < 1.29 is 4.74 Å². The highest BCUT2D eigenvalue weighted by atomic mass is 16.5. The molecule has 0 aliphatic rings. The number of anilines is 1. The predicted octanol–water partition coefficient (Wildman–Crippen LogP) is 2.23. The Bertz CT molecular complexity index is 258. The fourth-order valence-electron chi connectivity index (χ4n) is 1.32. The summed E-state index contributed by atoms with van der Waals surface area (Å²) in [6.07, 6.45) is 2.13. The van der Waals surface area contributed by atoms with E-state index in [2.05, 4.69) is 13.0 Å². The average Bonchev–Trinajstić information content (AvgIpc) is 2.05. The summed E-state index contributed by atoms with van der Waals surface area (Å²) < 4.78 is 5.20. The van der Waals surface area contributed by atoms with Crippen LogP contribution in [0, 0.1) is 0 Å². The van der Waals surface area contributed by atoms with Crippen molar-refractivity contribution in [3.8, 4) is 5.75 Å². The van der Waals surface area contributed by atoms with Crippen molar-refractivity contribution in [2.45, 2.75) is 19.8 Å². The molecule has 0 aromatic heterocycles. The molecule has 0 atom stereocenters. The van der Waals surface area contributed by atoms with Crippen LogP contribution in [0.15, 0.2) is 18.2 Å². The molecule has 0 radical (unpaired) electrons. The quantitative estimate of drug-likeness (QED) is 0.697. The zero-order valence-electron chi connectivity index (χ0n) is 7.63. The third-order valence-corrected chi connectivity index (χ3v) is 1.85. The maximum Gasteiger partial charge on any atom is 0.144 e. The third kappa shape index (κ3) is 1.70. The average molecular weight is 165 g/mol. The summed E-state index contributed by atoms with van der Waals surface area (Å²) in [6, 6.07) is 5.87. The number of nitrogens with two attached hydrogens (primary N) is 1. The van der Waals surface area contributed by atoms with Crippen LogP contribution >= 0.6 is 0 Å². The van der Waals surface area contributed by atoms with E-state index in [1.54, 1.807) is 7.11 Å². The molecule has 2 heteroatoms. The second-order valence-electron chi connectivity index (χ2n) is 2.79. The first-order valence-electron chi connectivity index (χ1n) is 4.21. The minimum absolute atomic E-state index is 0.725. The van der Waals surface area contributed by atoms with E-state index in [0.717, 1.165) is 24.3 Å². The normalized spacial score (nSPS) is 9.83. The summed E-state index contributed by atoms with van der Waals surface area (Å²) in [5.74, 6) is 0.833. The molecule has 0 saturated heterocycles. The molecule has 0 amide bonds. The molecule has 12 heavy (non-hydrogen) atoms. The molecule has 0 bridgehead atoms. The summed E-state index contributed by atoms with van der Waals surface area (Å²) in [5, 5.41) is 0. The highest BCUT2D eigenvalue weighted by Crippen LogP contribution is 2.26. The molecule has 66 valence electrons. The van der Waals surface area contributed by atoms with Crippen molar-refractivity contribution in [1.29, 1.82) is 0 Å². The van der Waals surface area contributed by atoms with E-state index >= 15 is 0 Å². The summed E-state index contributed by atoms with van der Waals surface area (Å²) in [5.41, 5.74) is 7.66. The lowest BCUT2D eigenvalue weighted by atomic mass is 10.1. The van der Waals surface area contributed by atoms with Crippen LogP contribution in [0.1, 0.15) is 18.9 Å². The van der Waals surface area contributed by atoms with Crippen LogP contribution < -0.4 is 10.5 Å². The SMILES string of the molecule is CCCc1cccc(N)c1OC. The molecule has 1 aromatic carbocycles. The Balaban J connectivity index is 3.00. The number of hydrogen-bond acceptors (Lipinski definition) is 2. The molecule has 0 aliphatic heterocycles. The van der Waals surface area contributed by atoms with E-state index < -0.39 is 0 Å². The van der Waals surface area contributed by atoms with Gasteiger partial charge in [0.1, 0.15) is 5.75 Å². The highest BCUT2D eigenvalue weighted by molar-refractivity contribution is 5.56. The van der Waals surface area contributed by atoms with Gasteiger partial charge in [0, 0.05) is 0 Å². The van der Waals surface area contributed by atoms with E-state index in [1.165, 1.54) is 5.56 Å². The van der Waals surface area contributed by atoms with Crippen LogP contribution in [0.25, 0.3) is 0 Å². The molecule has 0 spiro atoms. The Morgan fingerprint density at radius 3 is 2.75 bits per heavy atom. The summed E-state index contributed by atoms with van der Waals surface area (Å²) in [7, 11) is 1.66. The van der Waals surface area contributed by atoms with Crippen LogP contribution in [0.4, 0.5) is 5.69 Å². The number of ether oxygens (including phenoxy) is 1. The molecular formula is C10H15NO. The van der Waals surface area contributed by atoms with Gasteiger partial charge in [-0.1, -0.05) is 25.5 Å². The molecule has 1 aromatic rings. The lowest BCUT2D eigenvalue weighted by Crippen LogP contribution is -1.96. The van der Waals surface area contributed by atoms with Gasteiger partial charge in [0.05, 0.1) is 12.8 Å². The standard InChI is InChI=1S/C10H15NO/c1-3-5-8-6-4-7-9(11)10(8)12-2/h4,6-7H,3,5,11H2,1-2H3. The monoisotopic (exact) mass is 165 g/mol. The second kappa shape index (κ2) is 4.00. The van der Waals surface area contributed by atoms with Crippen molar-refractivity contribution in [2.75, 3.05) is 12.8 Å². The van der Waals surface area contributed by atoms with Crippen LogP contribution in [-0.2, 0) is 6.42 Å². The maximum atomic E-state index is 5.74. The molecule has 0 unspecified atom stereocenters. The zero-order valence-corrected chi connectivity index (χ0v) is 7.63. The van der Waals surface area contributed by atoms with Crippen LogP contribution in [0.3, 0.4) is 0 Å². The van der Waals surface area contributed by atoms with Gasteiger partial charge in [-0.3, -0.25) is 0 Å². The van der Waals surface area contributed by atoms with Crippen molar-refractivity contribution in [3.05, 3.63) is 23.8 Å². The van der Waals surface area contributed by atoms with Crippen molar-refractivity contribution >= 4 is 5.69 Å². The molecule has 0 heterocycles. The first-order valence-corrected chi connectivity index (χ1v) is 4.21. The number of rotatable bonds is 3. The number of nitrogen functional groups attached to an aromatic ring is 1. The number of para-hydroxylation sites is 1. The molecular weight excluding hydrogens is 150 g/mol. The van der Waals surface area contributed by atoms with Gasteiger partial charge in [0.15, 0.2) is 0 Å². The first kappa shape index (κ1) is 8.91. The van der Waals surface area contributed by atoms with Gasteiger partial charge in [-0.2, -0.15) is 0 Å². The Morgan fingerprint density at radius 1 is 1.42 bits per heavy atom. The Kier molecular flexibility index (Phi) is 2.97. The first-order chi connectivity index (χ1) is 5.79. The van der Waals surface area contributed by atoms with Gasteiger partial charge in [-0.25, -0.2) is 0 Å². The molecule has 1 rings (SSSR count). The fraction of sp³-hybridized carbons (Fsp3) is 0.400. The van der Waals surface area contributed by atoms with E-state index in [1.807, 2.05) is 12.1 Å². The largest absolute Gasteiger partial charge is 0.494 e. The van der Waals surface area contributed by atoms with E-state index in [9.17, 15) is 0 Å². The van der Waals surface area contributed by atoms with Crippen LogP contribution in [0.5, 0.6) is 5.75 Å². The van der Waals surface area contributed by atoms with E-state index in [0.29, 0.717) is 0 Å². The highest BCUT2D eigenvalue weighted by Gasteiger charge is 2.03. The molecule has 2 N–H and O–H groups in total. The Morgan fingerprint density at radius 2 is 2.17 bits per heavy atom. The van der Waals surface area contributed by atoms with Crippen molar-refractivity contribution in [1.82, 2.24) is 0 Å².